The Labute approximate surface area is 126 Å². The van der Waals surface area contributed by atoms with Gasteiger partial charge in [-0.2, -0.15) is 0 Å². The van der Waals surface area contributed by atoms with Crippen molar-refractivity contribution in [2.24, 2.45) is 5.73 Å². The number of nitrogens with two attached hydrogens (primary N) is 1. The predicted octanol–water partition coefficient (Wildman–Crippen LogP) is 3.50. The lowest BCUT2D eigenvalue weighted by Crippen LogP contribution is -2.00. The van der Waals surface area contributed by atoms with Crippen molar-refractivity contribution < 1.29 is 4.74 Å². The molecule has 0 unspecified atom stereocenters. The van der Waals surface area contributed by atoms with Gasteiger partial charge in [-0.05, 0) is 49.6 Å². The van der Waals surface area contributed by atoms with Gasteiger partial charge in [0, 0.05) is 0 Å². The first-order valence-electron chi connectivity index (χ1n) is 7.08. The molecule has 2 aromatic carbocycles. The summed E-state index contributed by atoms with van der Waals surface area (Å²) in [6.45, 7) is 7.13. The molecule has 0 radical (unpaired) electrons. The highest BCUT2D eigenvalue weighted by molar-refractivity contribution is 5.48. The van der Waals surface area contributed by atoms with Gasteiger partial charge in [0.05, 0.1) is 12.1 Å². The quantitative estimate of drug-likeness (QED) is 0.873. The van der Waals surface area contributed by atoms with E-state index in [1.807, 2.05) is 25.1 Å². The van der Waals surface area contributed by atoms with Crippen molar-refractivity contribution in [3.63, 3.8) is 0 Å². The summed E-state index contributed by atoms with van der Waals surface area (Å²) >= 11 is 0. The molecule has 0 heterocycles. The number of benzene rings is 2. The van der Waals surface area contributed by atoms with Crippen molar-refractivity contribution in [2.45, 2.75) is 27.4 Å². The Hall–Kier alpha value is -2.24. The molecule has 2 rings (SSSR count). The van der Waals surface area contributed by atoms with Gasteiger partial charge in [0.15, 0.2) is 0 Å². The number of hydrogen-bond donors (Lipinski definition) is 1. The zero-order chi connectivity index (χ0) is 15.2. The van der Waals surface area contributed by atoms with Gasteiger partial charge < -0.3 is 10.5 Å². The first-order valence-corrected chi connectivity index (χ1v) is 7.08. The normalized spacial score (nSPS) is 9.90. The molecule has 2 N–H and O–H groups in total. The molecule has 108 valence electrons. The summed E-state index contributed by atoms with van der Waals surface area (Å²) < 4.78 is 5.97. The van der Waals surface area contributed by atoms with E-state index < -0.39 is 0 Å². The summed E-state index contributed by atoms with van der Waals surface area (Å²) in [6.07, 6.45) is 0. The minimum atomic E-state index is 0.352. The maximum Gasteiger partial charge on any atom is 0.135 e. The van der Waals surface area contributed by atoms with Crippen LogP contribution in [0.3, 0.4) is 0 Å². The van der Waals surface area contributed by atoms with Crippen LogP contribution in [0.15, 0.2) is 36.4 Å². The van der Waals surface area contributed by atoms with Crippen LogP contribution in [0.4, 0.5) is 0 Å². The Morgan fingerprint density at radius 1 is 1.00 bits per heavy atom. The molecule has 0 aliphatic rings. The maximum absolute atomic E-state index is 5.97. The first kappa shape index (κ1) is 15.2. The topological polar surface area (TPSA) is 35.2 Å². The molecule has 2 aromatic rings. The minimum absolute atomic E-state index is 0.352. The molecular formula is C19H21NO. The van der Waals surface area contributed by atoms with Gasteiger partial charge in [-0.1, -0.05) is 41.7 Å². The van der Waals surface area contributed by atoms with E-state index in [0.29, 0.717) is 13.2 Å². The highest BCUT2D eigenvalue weighted by Gasteiger charge is 2.04. The van der Waals surface area contributed by atoms with Crippen molar-refractivity contribution in [3.05, 3.63) is 64.2 Å². The molecule has 0 fully saturated rings. The van der Waals surface area contributed by atoms with E-state index in [-0.39, 0.29) is 0 Å². The smallest absolute Gasteiger partial charge is 0.135 e. The van der Waals surface area contributed by atoms with Gasteiger partial charge in [0.2, 0.25) is 0 Å². The lowest BCUT2D eigenvalue weighted by atomic mass is 10.1. The Morgan fingerprint density at radius 2 is 1.71 bits per heavy atom. The lowest BCUT2D eigenvalue weighted by Gasteiger charge is -2.11. The van der Waals surface area contributed by atoms with Crippen molar-refractivity contribution in [1.82, 2.24) is 0 Å². The Kier molecular flexibility index (Phi) is 5.03. The van der Waals surface area contributed by atoms with E-state index in [9.17, 15) is 0 Å². The summed E-state index contributed by atoms with van der Waals surface area (Å²) in [6, 6.07) is 12.4. The van der Waals surface area contributed by atoms with Gasteiger partial charge in [0.1, 0.15) is 12.4 Å². The van der Waals surface area contributed by atoms with E-state index >= 15 is 0 Å². The molecule has 0 bridgehead atoms. The van der Waals surface area contributed by atoms with Crippen LogP contribution in [0.5, 0.6) is 5.75 Å². The fraction of sp³-hybridized carbons (Fsp3) is 0.263. The van der Waals surface area contributed by atoms with Crippen molar-refractivity contribution in [1.29, 1.82) is 0 Å². The molecule has 0 saturated heterocycles. The zero-order valence-electron chi connectivity index (χ0n) is 12.9. The second-order valence-corrected chi connectivity index (χ2v) is 5.22. The van der Waals surface area contributed by atoms with Crippen LogP contribution in [0.1, 0.15) is 27.8 Å². The number of hydrogen-bond acceptors (Lipinski definition) is 2. The van der Waals surface area contributed by atoms with Crippen LogP contribution in [0.2, 0.25) is 0 Å². The van der Waals surface area contributed by atoms with Crippen molar-refractivity contribution in [2.75, 3.05) is 6.54 Å². The van der Waals surface area contributed by atoms with E-state index in [1.165, 1.54) is 16.7 Å². The van der Waals surface area contributed by atoms with Crippen molar-refractivity contribution in [3.8, 4) is 17.6 Å². The monoisotopic (exact) mass is 279 g/mol. The first-order chi connectivity index (χ1) is 10.1. The van der Waals surface area contributed by atoms with Crippen molar-refractivity contribution >= 4 is 0 Å². The van der Waals surface area contributed by atoms with Gasteiger partial charge in [0.25, 0.3) is 0 Å². The summed E-state index contributed by atoms with van der Waals surface area (Å²) in [5.41, 5.74) is 11.2. The highest BCUT2D eigenvalue weighted by Crippen LogP contribution is 2.21. The van der Waals surface area contributed by atoms with Crippen LogP contribution in [-0.2, 0) is 6.61 Å². The molecule has 0 spiro atoms. The van der Waals surface area contributed by atoms with Crippen LogP contribution in [-0.4, -0.2) is 6.54 Å². The molecule has 0 atom stereocenters. The molecule has 0 saturated carbocycles. The largest absolute Gasteiger partial charge is 0.488 e. The number of rotatable bonds is 3. The average molecular weight is 279 g/mol. The Balaban J connectivity index is 2.21. The molecule has 2 heteroatoms. The molecule has 0 aliphatic carbocycles. The molecule has 0 aliphatic heterocycles. The summed E-state index contributed by atoms with van der Waals surface area (Å²) in [4.78, 5) is 0. The lowest BCUT2D eigenvalue weighted by molar-refractivity contribution is 0.304. The zero-order valence-corrected chi connectivity index (χ0v) is 12.9. The van der Waals surface area contributed by atoms with Crippen LogP contribution < -0.4 is 10.5 Å². The van der Waals surface area contributed by atoms with E-state index in [4.69, 9.17) is 10.5 Å². The fourth-order valence-corrected chi connectivity index (χ4v) is 2.12. The fourth-order valence-electron chi connectivity index (χ4n) is 2.12. The van der Waals surface area contributed by atoms with Gasteiger partial charge in [-0.25, -0.2) is 0 Å². The second kappa shape index (κ2) is 6.97. The number of aryl methyl sites for hydroxylation is 3. The summed E-state index contributed by atoms with van der Waals surface area (Å²) in [5.74, 6) is 6.77. The van der Waals surface area contributed by atoms with Crippen LogP contribution >= 0.6 is 0 Å². The van der Waals surface area contributed by atoms with E-state index in [0.717, 1.165) is 16.9 Å². The van der Waals surface area contributed by atoms with Crippen LogP contribution in [0, 0.1) is 32.6 Å². The van der Waals surface area contributed by atoms with E-state index in [1.54, 1.807) is 0 Å². The molecular weight excluding hydrogens is 258 g/mol. The molecule has 2 nitrogen and oxygen atoms in total. The Bertz CT molecular complexity index is 692. The maximum atomic E-state index is 5.97. The third-order valence-corrected chi connectivity index (χ3v) is 3.35. The SMILES string of the molecule is Cc1ccc(OCc2cc(C)ccc2C)c(C#CCN)c1. The molecule has 21 heavy (non-hydrogen) atoms. The summed E-state index contributed by atoms with van der Waals surface area (Å²) in [5, 5.41) is 0. The van der Waals surface area contributed by atoms with Gasteiger partial charge in [-0.15, -0.1) is 0 Å². The standard InChI is InChI=1S/C19H21NO/c1-14-6-8-16(3)18(12-14)13-21-19-9-7-15(2)11-17(19)5-4-10-20/h6-9,11-12H,10,13,20H2,1-3H3. The molecule has 0 amide bonds. The van der Waals surface area contributed by atoms with Gasteiger partial charge >= 0.3 is 0 Å². The third kappa shape index (κ3) is 4.11. The highest BCUT2D eigenvalue weighted by atomic mass is 16.5. The van der Waals surface area contributed by atoms with E-state index in [2.05, 4.69) is 43.9 Å². The molecule has 0 aromatic heterocycles. The second-order valence-electron chi connectivity index (χ2n) is 5.22. The summed E-state index contributed by atoms with van der Waals surface area (Å²) in [7, 11) is 0. The minimum Gasteiger partial charge on any atom is -0.488 e. The number of ether oxygens (including phenoxy) is 1. The third-order valence-electron chi connectivity index (χ3n) is 3.35. The van der Waals surface area contributed by atoms with Gasteiger partial charge in [-0.3, -0.25) is 0 Å². The predicted molar refractivity (Wildman–Crippen MR) is 87.4 cm³/mol. The average Bonchev–Trinajstić information content (AvgIpc) is 2.47. The Morgan fingerprint density at radius 3 is 2.48 bits per heavy atom. The van der Waals surface area contributed by atoms with Crippen LogP contribution in [0.25, 0.3) is 0 Å².